The highest BCUT2D eigenvalue weighted by Crippen LogP contribution is 2.34. The van der Waals surface area contributed by atoms with Gasteiger partial charge in [0, 0.05) is 42.6 Å². The first-order chi connectivity index (χ1) is 13.3. The normalized spacial score (nSPS) is 21.9. The Balaban J connectivity index is 1.43. The molecule has 8 heteroatoms. The quantitative estimate of drug-likeness (QED) is 0.865. The van der Waals surface area contributed by atoms with E-state index in [4.69, 9.17) is 0 Å². The van der Waals surface area contributed by atoms with Crippen LogP contribution in [0.2, 0.25) is 0 Å². The zero-order chi connectivity index (χ0) is 19.9. The molecule has 2 unspecified atom stereocenters. The van der Waals surface area contributed by atoms with Gasteiger partial charge in [-0.15, -0.1) is 0 Å². The number of carbonyl (C=O) groups is 1. The summed E-state index contributed by atoms with van der Waals surface area (Å²) in [5.41, 5.74) is 3.44. The van der Waals surface area contributed by atoms with E-state index in [0.717, 1.165) is 23.2 Å². The Kier molecular flexibility index (Phi) is 4.74. The first kappa shape index (κ1) is 18.7. The molecular formula is C20H21F3N4O. The Morgan fingerprint density at radius 1 is 1.21 bits per heavy atom. The third kappa shape index (κ3) is 3.82. The number of likely N-dealkylation sites (tertiary alicyclic amines) is 2. The topological polar surface area (TPSA) is 48.5 Å². The lowest BCUT2D eigenvalue weighted by Crippen LogP contribution is -2.71. The van der Waals surface area contributed by atoms with Crippen molar-refractivity contribution in [3.05, 3.63) is 48.2 Å². The average Bonchev–Trinajstić information content (AvgIpc) is 2.62. The number of aryl methyl sites for hydroxylation is 1. The van der Waals surface area contributed by atoms with Crippen LogP contribution in [-0.4, -0.2) is 58.7 Å². The lowest BCUT2D eigenvalue weighted by molar-refractivity contribution is -0.161. The van der Waals surface area contributed by atoms with Gasteiger partial charge in [-0.05, 0) is 43.2 Å². The summed E-state index contributed by atoms with van der Waals surface area (Å²) in [6, 6.07) is 10.7. The van der Waals surface area contributed by atoms with Gasteiger partial charge in [0.05, 0.1) is 12.2 Å². The molecule has 2 bridgehead atoms. The minimum absolute atomic E-state index is 0.165. The number of fused-ring (bicyclic) bond motifs is 2. The van der Waals surface area contributed by atoms with Gasteiger partial charge in [0.2, 0.25) is 0 Å². The zero-order valence-electron chi connectivity index (χ0n) is 15.4. The number of aromatic nitrogens is 1. The molecule has 2 aliphatic rings. The van der Waals surface area contributed by atoms with Gasteiger partial charge in [0.15, 0.2) is 0 Å². The van der Waals surface area contributed by atoms with Gasteiger partial charge in [-0.3, -0.25) is 9.88 Å². The van der Waals surface area contributed by atoms with Crippen molar-refractivity contribution in [3.63, 3.8) is 0 Å². The van der Waals surface area contributed by atoms with Crippen molar-refractivity contribution in [1.82, 2.24) is 14.8 Å². The Hall–Kier alpha value is -2.61. The van der Waals surface area contributed by atoms with E-state index in [2.05, 4.69) is 10.3 Å². The number of urea groups is 1. The third-order valence-electron chi connectivity index (χ3n) is 5.34. The number of carbonyl (C=O) groups excluding carboxylic acids is 1. The molecule has 28 heavy (non-hydrogen) atoms. The van der Waals surface area contributed by atoms with E-state index in [1.807, 2.05) is 43.3 Å². The molecule has 0 saturated carbocycles. The van der Waals surface area contributed by atoms with Crippen LogP contribution in [0.5, 0.6) is 0 Å². The molecule has 148 valence electrons. The van der Waals surface area contributed by atoms with Crippen LogP contribution in [0.3, 0.4) is 0 Å². The number of hydrogen-bond donors (Lipinski definition) is 1. The number of pyridine rings is 1. The number of anilines is 1. The second-order valence-corrected chi connectivity index (χ2v) is 7.43. The van der Waals surface area contributed by atoms with E-state index < -0.39 is 12.7 Å². The Bertz CT molecular complexity index is 859. The monoisotopic (exact) mass is 390 g/mol. The van der Waals surface area contributed by atoms with E-state index in [0.29, 0.717) is 5.69 Å². The second kappa shape index (κ2) is 7.09. The maximum absolute atomic E-state index is 12.7. The molecule has 0 aliphatic carbocycles. The number of rotatable bonds is 3. The van der Waals surface area contributed by atoms with Gasteiger partial charge in [-0.1, -0.05) is 12.1 Å². The Morgan fingerprint density at radius 2 is 1.96 bits per heavy atom. The van der Waals surface area contributed by atoms with Gasteiger partial charge in [-0.2, -0.15) is 13.2 Å². The minimum Gasteiger partial charge on any atom is -0.316 e. The molecule has 2 amide bonds. The molecule has 1 N–H and O–H groups in total. The maximum Gasteiger partial charge on any atom is 0.401 e. The summed E-state index contributed by atoms with van der Waals surface area (Å²) in [6.45, 7) is 1.58. The number of alkyl halides is 3. The van der Waals surface area contributed by atoms with Crippen LogP contribution in [-0.2, 0) is 0 Å². The second-order valence-electron chi connectivity index (χ2n) is 7.43. The molecule has 1 aromatic carbocycles. The molecule has 2 atom stereocenters. The van der Waals surface area contributed by atoms with Crippen LogP contribution in [0.4, 0.5) is 23.7 Å². The molecule has 0 spiro atoms. The summed E-state index contributed by atoms with van der Waals surface area (Å²) in [5, 5.41) is 2.89. The number of hydrogen-bond acceptors (Lipinski definition) is 3. The average molecular weight is 390 g/mol. The largest absolute Gasteiger partial charge is 0.401 e. The van der Waals surface area contributed by atoms with Crippen molar-refractivity contribution >= 4 is 11.7 Å². The van der Waals surface area contributed by atoms with Crippen molar-refractivity contribution in [1.29, 1.82) is 0 Å². The van der Waals surface area contributed by atoms with Crippen LogP contribution >= 0.6 is 0 Å². The smallest absolute Gasteiger partial charge is 0.316 e. The summed E-state index contributed by atoms with van der Waals surface area (Å²) in [5.74, 6) is 0. The van der Waals surface area contributed by atoms with Gasteiger partial charge >= 0.3 is 12.2 Å². The standard InChI is InChI=1S/C20H21F3N4O/c1-13-5-6-14(8-17(13)18-4-2-3-7-24-18)25-19(28)27-15-9-16(27)11-26(10-15)12-20(21,22)23/h2-8,15-16H,9-12H2,1H3,(H,25,28). The van der Waals surface area contributed by atoms with E-state index in [1.165, 1.54) is 4.90 Å². The third-order valence-corrected chi connectivity index (χ3v) is 5.34. The minimum atomic E-state index is -4.21. The van der Waals surface area contributed by atoms with Gasteiger partial charge < -0.3 is 10.2 Å². The zero-order valence-corrected chi connectivity index (χ0v) is 15.4. The number of amides is 2. The van der Waals surface area contributed by atoms with Crippen LogP contribution in [0.15, 0.2) is 42.6 Å². The van der Waals surface area contributed by atoms with Gasteiger partial charge in [0.25, 0.3) is 0 Å². The number of nitrogens with one attached hydrogen (secondary N) is 1. The predicted molar refractivity (Wildman–Crippen MR) is 100.0 cm³/mol. The van der Waals surface area contributed by atoms with E-state index in [-0.39, 0.29) is 31.2 Å². The fourth-order valence-corrected chi connectivity index (χ4v) is 4.10. The van der Waals surface area contributed by atoms with Crippen molar-refractivity contribution < 1.29 is 18.0 Å². The van der Waals surface area contributed by atoms with Crippen molar-refractivity contribution in [2.24, 2.45) is 0 Å². The Labute approximate surface area is 161 Å². The molecule has 4 rings (SSSR count). The number of benzene rings is 1. The van der Waals surface area contributed by atoms with Crippen LogP contribution in [0.25, 0.3) is 11.3 Å². The molecule has 2 fully saturated rings. The van der Waals surface area contributed by atoms with E-state index >= 15 is 0 Å². The molecular weight excluding hydrogens is 369 g/mol. The van der Waals surface area contributed by atoms with Crippen LogP contribution < -0.4 is 5.32 Å². The van der Waals surface area contributed by atoms with Crippen molar-refractivity contribution in [2.45, 2.75) is 31.6 Å². The number of piperidine rings is 1. The first-order valence-electron chi connectivity index (χ1n) is 9.20. The fraction of sp³-hybridized carbons (Fsp3) is 0.400. The van der Waals surface area contributed by atoms with Gasteiger partial charge in [-0.25, -0.2) is 4.79 Å². The van der Waals surface area contributed by atoms with E-state index in [9.17, 15) is 18.0 Å². The number of nitrogens with zero attached hydrogens (tertiary/aromatic N) is 3. The highest BCUT2D eigenvalue weighted by atomic mass is 19.4. The summed E-state index contributed by atoms with van der Waals surface area (Å²) in [4.78, 5) is 20.1. The molecule has 2 saturated heterocycles. The lowest BCUT2D eigenvalue weighted by atomic mass is 9.88. The van der Waals surface area contributed by atoms with Gasteiger partial charge in [0.1, 0.15) is 0 Å². The molecule has 3 heterocycles. The molecule has 5 nitrogen and oxygen atoms in total. The van der Waals surface area contributed by atoms with E-state index in [1.54, 1.807) is 11.1 Å². The number of piperazine rings is 1. The lowest BCUT2D eigenvalue weighted by Gasteiger charge is -2.56. The summed E-state index contributed by atoms with van der Waals surface area (Å²) in [6.07, 6.45) is -1.73. The van der Waals surface area contributed by atoms with Crippen LogP contribution in [0, 0.1) is 6.92 Å². The molecule has 2 aliphatic heterocycles. The fourth-order valence-electron chi connectivity index (χ4n) is 4.10. The predicted octanol–water partition coefficient (Wildman–Crippen LogP) is 3.91. The van der Waals surface area contributed by atoms with Crippen molar-refractivity contribution in [3.8, 4) is 11.3 Å². The summed E-state index contributed by atoms with van der Waals surface area (Å²) in [7, 11) is 0. The number of halogens is 3. The molecule has 1 aromatic heterocycles. The Morgan fingerprint density at radius 3 is 2.61 bits per heavy atom. The first-order valence-corrected chi connectivity index (χ1v) is 9.20. The summed E-state index contributed by atoms with van der Waals surface area (Å²) >= 11 is 0. The van der Waals surface area contributed by atoms with Crippen LogP contribution in [0.1, 0.15) is 12.0 Å². The highest BCUT2D eigenvalue weighted by molar-refractivity contribution is 5.91. The molecule has 0 radical (unpaired) electrons. The summed E-state index contributed by atoms with van der Waals surface area (Å²) < 4.78 is 37.8. The maximum atomic E-state index is 12.7. The SMILES string of the molecule is Cc1ccc(NC(=O)N2C3CC2CN(CC(F)(F)F)C3)cc1-c1ccccn1. The van der Waals surface area contributed by atoms with Crippen molar-refractivity contribution in [2.75, 3.05) is 25.0 Å². The highest BCUT2D eigenvalue weighted by Gasteiger charge is 2.49. The molecule has 2 aromatic rings.